The maximum Gasteiger partial charge on any atom is 0.145 e. The second-order valence-electron chi connectivity index (χ2n) is 4.16. The summed E-state index contributed by atoms with van der Waals surface area (Å²) in [5.41, 5.74) is 0.959. The first kappa shape index (κ1) is 13.3. The molecule has 0 atom stereocenters. The van der Waals surface area contributed by atoms with Gasteiger partial charge in [0, 0.05) is 31.5 Å². The molecule has 0 aliphatic rings. The third-order valence-corrected chi connectivity index (χ3v) is 3.00. The van der Waals surface area contributed by atoms with Gasteiger partial charge in [0.1, 0.15) is 17.3 Å². The van der Waals surface area contributed by atoms with Crippen molar-refractivity contribution in [3.05, 3.63) is 36.4 Å². The van der Waals surface area contributed by atoms with Crippen molar-refractivity contribution in [1.82, 2.24) is 9.55 Å². The molecule has 1 heterocycles. The summed E-state index contributed by atoms with van der Waals surface area (Å²) in [6.07, 6.45) is 3.78. The summed E-state index contributed by atoms with van der Waals surface area (Å²) < 4.78 is 12.6. The van der Waals surface area contributed by atoms with E-state index in [4.69, 9.17) is 9.47 Å². The van der Waals surface area contributed by atoms with Gasteiger partial charge in [0.25, 0.3) is 0 Å². The van der Waals surface area contributed by atoms with Gasteiger partial charge in [0.15, 0.2) is 0 Å². The Morgan fingerprint density at radius 3 is 2.74 bits per heavy atom. The topological polar surface area (TPSA) is 48.3 Å². The average Bonchev–Trinajstić information content (AvgIpc) is 2.84. The number of nitrogens with zero attached hydrogens (tertiary/aromatic N) is 2. The standard InChI is InChI=1S/C14H19N3O2/c1-11-15-6-8-17(11)9-7-16-13-5-4-12(18-2)10-14(13)19-3/h4-6,8,10,16H,7,9H2,1-3H3. The summed E-state index contributed by atoms with van der Waals surface area (Å²) in [6, 6.07) is 5.73. The van der Waals surface area contributed by atoms with Crippen molar-refractivity contribution in [3.8, 4) is 11.5 Å². The van der Waals surface area contributed by atoms with E-state index >= 15 is 0 Å². The van der Waals surface area contributed by atoms with Crippen LogP contribution in [0.3, 0.4) is 0 Å². The molecule has 1 N–H and O–H groups in total. The van der Waals surface area contributed by atoms with Crippen LogP contribution in [0.15, 0.2) is 30.6 Å². The molecule has 2 rings (SSSR count). The quantitative estimate of drug-likeness (QED) is 0.867. The lowest BCUT2D eigenvalue weighted by Gasteiger charge is -2.13. The highest BCUT2D eigenvalue weighted by Crippen LogP contribution is 2.28. The Hall–Kier alpha value is -2.17. The Labute approximate surface area is 113 Å². The van der Waals surface area contributed by atoms with E-state index < -0.39 is 0 Å². The van der Waals surface area contributed by atoms with Crippen LogP contribution in [0.4, 0.5) is 5.69 Å². The molecule has 0 bridgehead atoms. The van der Waals surface area contributed by atoms with Gasteiger partial charge >= 0.3 is 0 Å². The van der Waals surface area contributed by atoms with Crippen molar-refractivity contribution < 1.29 is 9.47 Å². The van der Waals surface area contributed by atoms with Crippen LogP contribution in [-0.4, -0.2) is 30.3 Å². The van der Waals surface area contributed by atoms with E-state index in [1.807, 2.05) is 37.5 Å². The van der Waals surface area contributed by atoms with E-state index in [1.54, 1.807) is 14.2 Å². The van der Waals surface area contributed by atoms with Crippen molar-refractivity contribution in [1.29, 1.82) is 0 Å². The number of nitrogens with one attached hydrogen (secondary N) is 1. The van der Waals surface area contributed by atoms with Crippen molar-refractivity contribution in [2.45, 2.75) is 13.5 Å². The van der Waals surface area contributed by atoms with Gasteiger partial charge in [-0.05, 0) is 19.1 Å². The van der Waals surface area contributed by atoms with Gasteiger partial charge in [-0.1, -0.05) is 0 Å². The molecule has 5 nitrogen and oxygen atoms in total. The Kier molecular flexibility index (Phi) is 4.28. The number of aryl methyl sites for hydroxylation is 1. The van der Waals surface area contributed by atoms with E-state index in [0.717, 1.165) is 36.1 Å². The number of imidazole rings is 1. The molecular weight excluding hydrogens is 242 g/mol. The second-order valence-corrected chi connectivity index (χ2v) is 4.16. The first-order valence-electron chi connectivity index (χ1n) is 6.18. The number of hydrogen-bond donors (Lipinski definition) is 1. The largest absolute Gasteiger partial charge is 0.497 e. The molecule has 19 heavy (non-hydrogen) atoms. The number of methoxy groups -OCH3 is 2. The van der Waals surface area contributed by atoms with Crippen LogP contribution >= 0.6 is 0 Å². The summed E-state index contributed by atoms with van der Waals surface area (Å²) in [5.74, 6) is 2.58. The van der Waals surface area contributed by atoms with E-state index in [0.29, 0.717) is 0 Å². The zero-order chi connectivity index (χ0) is 13.7. The van der Waals surface area contributed by atoms with Gasteiger partial charge in [0.2, 0.25) is 0 Å². The maximum absolute atomic E-state index is 5.34. The summed E-state index contributed by atoms with van der Waals surface area (Å²) in [7, 11) is 3.30. The lowest BCUT2D eigenvalue weighted by atomic mass is 10.2. The number of aromatic nitrogens is 2. The Morgan fingerprint density at radius 2 is 2.11 bits per heavy atom. The third-order valence-electron chi connectivity index (χ3n) is 3.00. The smallest absolute Gasteiger partial charge is 0.145 e. The summed E-state index contributed by atoms with van der Waals surface area (Å²) in [5, 5.41) is 3.35. The molecule has 2 aromatic rings. The number of ether oxygens (including phenoxy) is 2. The van der Waals surface area contributed by atoms with Crippen LogP contribution in [0.25, 0.3) is 0 Å². The molecule has 1 aromatic carbocycles. The van der Waals surface area contributed by atoms with Crippen LogP contribution in [-0.2, 0) is 6.54 Å². The molecule has 0 saturated carbocycles. The van der Waals surface area contributed by atoms with Crippen LogP contribution in [0.1, 0.15) is 5.82 Å². The van der Waals surface area contributed by atoms with Crippen molar-refractivity contribution in [2.75, 3.05) is 26.1 Å². The Morgan fingerprint density at radius 1 is 1.26 bits per heavy atom. The molecule has 1 aromatic heterocycles. The zero-order valence-electron chi connectivity index (χ0n) is 11.5. The Balaban J connectivity index is 1.97. The minimum Gasteiger partial charge on any atom is -0.497 e. The fraction of sp³-hybridized carbons (Fsp3) is 0.357. The molecule has 5 heteroatoms. The highest BCUT2D eigenvalue weighted by Gasteiger charge is 2.04. The monoisotopic (exact) mass is 261 g/mol. The fourth-order valence-corrected chi connectivity index (χ4v) is 1.90. The minimum atomic E-state index is 0.779. The molecule has 0 amide bonds. The average molecular weight is 261 g/mol. The highest BCUT2D eigenvalue weighted by atomic mass is 16.5. The molecule has 0 aliphatic carbocycles. The van der Waals surface area contributed by atoms with E-state index in [2.05, 4.69) is 14.9 Å². The highest BCUT2D eigenvalue weighted by molar-refractivity contribution is 5.59. The fourth-order valence-electron chi connectivity index (χ4n) is 1.90. The number of anilines is 1. The molecule has 0 unspecified atom stereocenters. The molecule has 0 aliphatic heterocycles. The van der Waals surface area contributed by atoms with E-state index in [-0.39, 0.29) is 0 Å². The first-order valence-corrected chi connectivity index (χ1v) is 6.18. The van der Waals surface area contributed by atoms with Crippen LogP contribution in [0.2, 0.25) is 0 Å². The van der Waals surface area contributed by atoms with Gasteiger partial charge in [-0.3, -0.25) is 0 Å². The molecule has 0 fully saturated rings. The Bertz CT molecular complexity index is 537. The normalized spacial score (nSPS) is 10.3. The number of hydrogen-bond acceptors (Lipinski definition) is 4. The van der Waals surface area contributed by atoms with E-state index in [9.17, 15) is 0 Å². The SMILES string of the molecule is COc1ccc(NCCn2ccnc2C)c(OC)c1. The molecular formula is C14H19N3O2. The maximum atomic E-state index is 5.34. The predicted octanol–water partition coefficient (Wildman–Crippen LogP) is 2.32. The van der Waals surface area contributed by atoms with Gasteiger partial charge in [-0.2, -0.15) is 0 Å². The predicted molar refractivity (Wildman–Crippen MR) is 75.0 cm³/mol. The van der Waals surface area contributed by atoms with Gasteiger partial charge in [-0.15, -0.1) is 0 Å². The zero-order valence-corrected chi connectivity index (χ0v) is 11.5. The summed E-state index contributed by atoms with van der Waals surface area (Å²) in [6.45, 7) is 3.66. The van der Waals surface area contributed by atoms with Crippen molar-refractivity contribution in [2.24, 2.45) is 0 Å². The summed E-state index contributed by atoms with van der Waals surface area (Å²) in [4.78, 5) is 4.19. The number of benzene rings is 1. The lowest BCUT2D eigenvalue weighted by Crippen LogP contribution is -2.11. The van der Waals surface area contributed by atoms with Gasteiger partial charge in [0.05, 0.1) is 19.9 Å². The molecule has 0 spiro atoms. The second kappa shape index (κ2) is 6.13. The van der Waals surface area contributed by atoms with Crippen LogP contribution in [0.5, 0.6) is 11.5 Å². The van der Waals surface area contributed by atoms with Crippen LogP contribution < -0.4 is 14.8 Å². The van der Waals surface area contributed by atoms with Gasteiger partial charge < -0.3 is 19.4 Å². The van der Waals surface area contributed by atoms with Crippen LogP contribution in [0, 0.1) is 6.92 Å². The lowest BCUT2D eigenvalue weighted by molar-refractivity contribution is 0.395. The van der Waals surface area contributed by atoms with Gasteiger partial charge in [-0.25, -0.2) is 4.98 Å². The first-order chi connectivity index (χ1) is 9.24. The molecule has 102 valence electrons. The van der Waals surface area contributed by atoms with Crippen molar-refractivity contribution in [3.63, 3.8) is 0 Å². The molecule has 0 radical (unpaired) electrons. The van der Waals surface area contributed by atoms with Crippen molar-refractivity contribution >= 4 is 5.69 Å². The summed E-state index contributed by atoms with van der Waals surface area (Å²) >= 11 is 0. The van der Waals surface area contributed by atoms with E-state index in [1.165, 1.54) is 0 Å². The third kappa shape index (κ3) is 3.19. The minimum absolute atomic E-state index is 0.779. The molecule has 0 saturated heterocycles. The number of rotatable bonds is 6.